The van der Waals surface area contributed by atoms with E-state index in [4.69, 9.17) is 5.73 Å². The summed E-state index contributed by atoms with van der Waals surface area (Å²) < 4.78 is 2.08. The Morgan fingerprint density at radius 3 is 2.95 bits per heavy atom. The molecule has 0 saturated heterocycles. The van der Waals surface area contributed by atoms with Gasteiger partial charge in [-0.05, 0) is 12.5 Å². The molecule has 1 aromatic heterocycles. The summed E-state index contributed by atoms with van der Waals surface area (Å²) in [5.41, 5.74) is 9.18. The van der Waals surface area contributed by atoms with Crippen molar-refractivity contribution < 1.29 is 4.57 Å². The summed E-state index contributed by atoms with van der Waals surface area (Å²) in [6.07, 6.45) is 7.88. The van der Waals surface area contributed by atoms with Gasteiger partial charge in [0.25, 0.3) is 0 Å². The normalized spacial score (nSPS) is 20.7. The number of nitrogens with zero attached hydrogens (tertiary/aromatic N) is 3. The molecule has 0 amide bonds. The third-order valence-corrected chi connectivity index (χ3v) is 3.16. The van der Waals surface area contributed by atoms with Crippen molar-refractivity contribution in [1.82, 2.24) is 0 Å². The van der Waals surface area contributed by atoms with Crippen molar-refractivity contribution in [1.29, 1.82) is 0 Å². The van der Waals surface area contributed by atoms with Gasteiger partial charge in [0.2, 0.25) is 6.67 Å². The lowest BCUT2D eigenvalue weighted by Crippen LogP contribution is -2.38. The molecule has 2 N–H and O–H groups in total. The molecule has 0 radical (unpaired) electrons. The maximum Gasteiger partial charge on any atom is 0.241 e. The molecule has 2 rings (SSSR count). The molecular formula is C15H21N4+. The first kappa shape index (κ1) is 13.6. The molecule has 1 atom stereocenters. The first-order chi connectivity index (χ1) is 9.20. The van der Waals surface area contributed by atoms with Crippen LogP contribution in [0.3, 0.4) is 0 Å². The van der Waals surface area contributed by atoms with Crippen LogP contribution in [-0.2, 0) is 6.67 Å². The molecule has 2 heterocycles. The maximum atomic E-state index is 6.09. The van der Waals surface area contributed by atoms with Crippen LogP contribution in [0, 0.1) is 6.92 Å². The van der Waals surface area contributed by atoms with Crippen molar-refractivity contribution in [2.24, 2.45) is 15.7 Å². The highest BCUT2D eigenvalue weighted by molar-refractivity contribution is 6.34. The minimum absolute atomic E-state index is 0.135. The Bertz CT molecular complexity index is 529. The molecule has 1 aliphatic rings. The smallest absolute Gasteiger partial charge is 0.241 e. The van der Waals surface area contributed by atoms with Gasteiger partial charge in [0.05, 0.1) is 18.0 Å². The number of rotatable bonds is 4. The fourth-order valence-corrected chi connectivity index (χ4v) is 2.00. The van der Waals surface area contributed by atoms with Gasteiger partial charge in [0.15, 0.2) is 11.9 Å². The van der Waals surface area contributed by atoms with Gasteiger partial charge in [-0.15, -0.1) is 0 Å². The summed E-state index contributed by atoms with van der Waals surface area (Å²) in [6.45, 7) is 4.79. The third kappa shape index (κ3) is 3.58. The van der Waals surface area contributed by atoms with Gasteiger partial charge in [0, 0.05) is 24.8 Å². The highest BCUT2D eigenvalue weighted by atomic mass is 15.1. The maximum absolute atomic E-state index is 6.09. The molecule has 0 bridgehead atoms. The third-order valence-electron chi connectivity index (χ3n) is 3.16. The van der Waals surface area contributed by atoms with E-state index >= 15 is 0 Å². The van der Waals surface area contributed by atoms with E-state index in [1.54, 1.807) is 6.21 Å². The SMILES string of the molecule is CCCC1=CC(N)C(=NC[n+]2ccccc2C)C=N1. The van der Waals surface area contributed by atoms with Crippen molar-refractivity contribution in [2.75, 3.05) is 0 Å². The van der Waals surface area contributed by atoms with Gasteiger partial charge < -0.3 is 5.73 Å². The highest BCUT2D eigenvalue weighted by Crippen LogP contribution is 2.11. The second kappa shape index (κ2) is 6.38. The van der Waals surface area contributed by atoms with Crippen LogP contribution in [-0.4, -0.2) is 18.0 Å². The quantitative estimate of drug-likeness (QED) is 0.821. The van der Waals surface area contributed by atoms with Crippen molar-refractivity contribution >= 4 is 11.9 Å². The molecule has 1 aliphatic heterocycles. The Hall–Kier alpha value is -1.81. The zero-order valence-electron chi connectivity index (χ0n) is 11.6. The molecule has 1 unspecified atom stereocenters. The molecule has 19 heavy (non-hydrogen) atoms. The Morgan fingerprint density at radius 1 is 1.42 bits per heavy atom. The fourth-order valence-electron chi connectivity index (χ4n) is 2.00. The molecule has 4 nitrogen and oxygen atoms in total. The predicted molar refractivity (Wildman–Crippen MR) is 78.3 cm³/mol. The largest absolute Gasteiger partial charge is 0.319 e. The van der Waals surface area contributed by atoms with E-state index in [1.165, 1.54) is 5.69 Å². The van der Waals surface area contributed by atoms with Gasteiger partial charge in [0.1, 0.15) is 0 Å². The van der Waals surface area contributed by atoms with E-state index < -0.39 is 0 Å². The molecule has 0 aliphatic carbocycles. The van der Waals surface area contributed by atoms with Crippen LogP contribution < -0.4 is 10.3 Å². The van der Waals surface area contributed by atoms with Gasteiger partial charge in [-0.3, -0.25) is 4.99 Å². The molecular weight excluding hydrogens is 236 g/mol. The van der Waals surface area contributed by atoms with Gasteiger partial charge >= 0.3 is 0 Å². The number of aryl methyl sites for hydroxylation is 1. The first-order valence-corrected chi connectivity index (χ1v) is 6.70. The van der Waals surface area contributed by atoms with Crippen LogP contribution in [0.25, 0.3) is 0 Å². The molecule has 1 aromatic rings. The zero-order chi connectivity index (χ0) is 13.7. The average molecular weight is 257 g/mol. The summed E-state index contributed by atoms with van der Waals surface area (Å²) in [7, 11) is 0. The van der Waals surface area contributed by atoms with E-state index in [-0.39, 0.29) is 6.04 Å². The lowest BCUT2D eigenvalue weighted by Gasteiger charge is -2.13. The predicted octanol–water partition coefficient (Wildman–Crippen LogP) is 1.78. The van der Waals surface area contributed by atoms with E-state index in [0.717, 1.165) is 24.3 Å². The topological polar surface area (TPSA) is 54.6 Å². The number of hydrogen-bond acceptors (Lipinski definition) is 3. The monoisotopic (exact) mass is 257 g/mol. The van der Waals surface area contributed by atoms with Crippen LogP contribution in [0.4, 0.5) is 0 Å². The number of pyridine rings is 1. The van der Waals surface area contributed by atoms with Crippen LogP contribution in [0.2, 0.25) is 0 Å². The van der Waals surface area contributed by atoms with E-state index in [0.29, 0.717) is 6.67 Å². The minimum atomic E-state index is -0.135. The Morgan fingerprint density at radius 2 is 2.26 bits per heavy atom. The molecule has 100 valence electrons. The summed E-state index contributed by atoms with van der Waals surface area (Å²) in [6, 6.07) is 5.95. The number of nitrogens with two attached hydrogens (primary N) is 1. The fraction of sp³-hybridized carbons (Fsp3) is 0.400. The van der Waals surface area contributed by atoms with Gasteiger partial charge in [-0.25, -0.2) is 4.99 Å². The van der Waals surface area contributed by atoms with Gasteiger partial charge in [-0.1, -0.05) is 19.4 Å². The summed E-state index contributed by atoms with van der Waals surface area (Å²) >= 11 is 0. The average Bonchev–Trinajstić information content (AvgIpc) is 2.40. The summed E-state index contributed by atoms with van der Waals surface area (Å²) in [5.74, 6) is 0. The zero-order valence-corrected chi connectivity index (χ0v) is 11.6. The highest BCUT2D eigenvalue weighted by Gasteiger charge is 2.13. The second-order valence-electron chi connectivity index (χ2n) is 4.73. The van der Waals surface area contributed by atoms with Crippen LogP contribution in [0.5, 0.6) is 0 Å². The number of hydrogen-bond donors (Lipinski definition) is 1. The lowest BCUT2D eigenvalue weighted by atomic mass is 10.1. The van der Waals surface area contributed by atoms with Gasteiger partial charge in [-0.2, -0.15) is 4.57 Å². The number of aliphatic imine (C=N–C) groups is 2. The molecule has 4 heteroatoms. The molecule has 0 spiro atoms. The van der Waals surface area contributed by atoms with E-state index in [9.17, 15) is 0 Å². The van der Waals surface area contributed by atoms with Crippen molar-refractivity contribution in [3.8, 4) is 0 Å². The Labute approximate surface area is 114 Å². The minimum Gasteiger partial charge on any atom is -0.319 e. The van der Waals surface area contributed by atoms with E-state index in [2.05, 4.69) is 34.5 Å². The molecule has 0 aromatic carbocycles. The van der Waals surface area contributed by atoms with Crippen LogP contribution in [0.1, 0.15) is 25.5 Å². The second-order valence-corrected chi connectivity index (χ2v) is 4.73. The standard InChI is InChI=1S/C15H21N4/c1-3-6-13-9-14(16)15(10-17-13)18-11-19-8-5-4-7-12(19)2/h4-5,7-10,14H,3,6,11,16H2,1-2H3/q+1. The lowest BCUT2D eigenvalue weighted by molar-refractivity contribution is -0.701. The first-order valence-electron chi connectivity index (χ1n) is 6.70. The summed E-state index contributed by atoms with van der Waals surface area (Å²) in [5, 5.41) is 0. The molecule has 0 fully saturated rings. The Balaban J connectivity index is 2.06. The van der Waals surface area contributed by atoms with Crippen molar-refractivity contribution in [3.63, 3.8) is 0 Å². The van der Waals surface area contributed by atoms with Crippen LogP contribution in [0.15, 0.2) is 46.2 Å². The van der Waals surface area contributed by atoms with Crippen molar-refractivity contribution in [3.05, 3.63) is 41.9 Å². The Kier molecular flexibility index (Phi) is 4.58. The summed E-state index contributed by atoms with van der Waals surface area (Å²) in [4.78, 5) is 8.95. The van der Waals surface area contributed by atoms with E-state index in [1.807, 2.05) is 24.4 Å². The number of allylic oxidation sites excluding steroid dienone is 1. The number of aromatic nitrogens is 1. The van der Waals surface area contributed by atoms with Crippen LogP contribution >= 0.6 is 0 Å². The molecule has 0 saturated carbocycles. The van der Waals surface area contributed by atoms with Crippen molar-refractivity contribution in [2.45, 2.75) is 39.4 Å².